The number of carbonyl (C=O) groups excluding carboxylic acids is 1. The molecule has 1 unspecified atom stereocenters. The van der Waals surface area contributed by atoms with Gasteiger partial charge in [-0.25, -0.2) is 0 Å². The molecule has 0 bridgehead atoms. The van der Waals surface area contributed by atoms with Crippen molar-refractivity contribution >= 4 is 18.3 Å². The first kappa shape index (κ1) is 15.8. The fourth-order valence-electron chi connectivity index (χ4n) is 3.25. The van der Waals surface area contributed by atoms with Crippen molar-refractivity contribution in [1.29, 1.82) is 0 Å². The Kier molecular flexibility index (Phi) is 7.02. The molecule has 1 aliphatic heterocycles. The molecule has 2 fully saturated rings. The van der Waals surface area contributed by atoms with E-state index in [0.717, 1.165) is 19.5 Å². The monoisotopic (exact) mass is 274 g/mol. The van der Waals surface area contributed by atoms with Crippen molar-refractivity contribution in [2.45, 2.75) is 70.4 Å². The van der Waals surface area contributed by atoms with Crippen molar-refractivity contribution in [1.82, 2.24) is 10.2 Å². The van der Waals surface area contributed by atoms with Gasteiger partial charge in [0.05, 0.1) is 6.04 Å². The van der Waals surface area contributed by atoms with Crippen LogP contribution in [0.5, 0.6) is 0 Å². The zero-order valence-electron chi connectivity index (χ0n) is 11.5. The molecular formula is C14H27ClN2O. The highest BCUT2D eigenvalue weighted by Gasteiger charge is 2.29. The lowest BCUT2D eigenvalue weighted by Crippen LogP contribution is -2.52. The molecule has 1 atom stereocenters. The number of piperidine rings is 1. The highest BCUT2D eigenvalue weighted by atomic mass is 35.5. The molecule has 2 rings (SSSR count). The molecule has 2 aliphatic rings. The Balaban J connectivity index is 0.00000162. The Bertz CT molecular complexity index is 248. The fourth-order valence-corrected chi connectivity index (χ4v) is 3.25. The van der Waals surface area contributed by atoms with Gasteiger partial charge < -0.3 is 10.2 Å². The van der Waals surface area contributed by atoms with Gasteiger partial charge in [-0.3, -0.25) is 4.79 Å². The number of amides is 1. The third-order valence-electron chi connectivity index (χ3n) is 4.25. The number of halogens is 1. The molecule has 1 heterocycles. The van der Waals surface area contributed by atoms with E-state index in [0.29, 0.717) is 11.9 Å². The maximum Gasteiger partial charge on any atom is 0.239 e. The summed E-state index contributed by atoms with van der Waals surface area (Å²) in [4.78, 5) is 14.6. The largest absolute Gasteiger partial charge is 0.339 e. The molecule has 1 saturated carbocycles. The number of nitrogens with one attached hydrogen (secondary N) is 1. The Morgan fingerprint density at radius 2 is 1.78 bits per heavy atom. The molecule has 1 N–H and O–H groups in total. The molecule has 1 saturated heterocycles. The molecule has 1 aliphatic carbocycles. The van der Waals surface area contributed by atoms with Crippen LogP contribution in [0.15, 0.2) is 0 Å². The number of likely N-dealkylation sites (N-methyl/N-ethyl adjacent to an activating group) is 1. The zero-order chi connectivity index (χ0) is 12.1. The lowest BCUT2D eigenvalue weighted by molar-refractivity contribution is -0.136. The van der Waals surface area contributed by atoms with E-state index in [4.69, 9.17) is 0 Å². The molecule has 0 aromatic carbocycles. The molecule has 0 aromatic rings. The Morgan fingerprint density at radius 3 is 2.33 bits per heavy atom. The van der Waals surface area contributed by atoms with E-state index >= 15 is 0 Å². The predicted molar refractivity (Wildman–Crippen MR) is 77.1 cm³/mol. The summed E-state index contributed by atoms with van der Waals surface area (Å²) < 4.78 is 0. The van der Waals surface area contributed by atoms with Gasteiger partial charge in [-0.2, -0.15) is 0 Å². The molecule has 0 aromatic heterocycles. The average Bonchev–Trinajstić information content (AvgIpc) is 2.42. The maximum atomic E-state index is 12.5. The van der Waals surface area contributed by atoms with E-state index in [-0.39, 0.29) is 18.4 Å². The van der Waals surface area contributed by atoms with Gasteiger partial charge in [-0.15, -0.1) is 12.4 Å². The molecule has 4 heteroatoms. The SMILES string of the molecule is CCN(C(=O)C1CCCCN1)C1CCCCC1.Cl. The summed E-state index contributed by atoms with van der Waals surface area (Å²) in [6.45, 7) is 4.01. The van der Waals surface area contributed by atoms with Gasteiger partial charge in [0, 0.05) is 12.6 Å². The summed E-state index contributed by atoms with van der Waals surface area (Å²) in [7, 11) is 0. The highest BCUT2D eigenvalue weighted by Crippen LogP contribution is 2.23. The highest BCUT2D eigenvalue weighted by molar-refractivity contribution is 5.85. The minimum atomic E-state index is 0. The van der Waals surface area contributed by atoms with Gasteiger partial charge in [0.25, 0.3) is 0 Å². The Hall–Kier alpha value is -0.280. The minimum Gasteiger partial charge on any atom is -0.339 e. The van der Waals surface area contributed by atoms with Crippen LogP contribution in [0, 0.1) is 0 Å². The second kappa shape index (κ2) is 8.00. The summed E-state index contributed by atoms with van der Waals surface area (Å²) in [5, 5.41) is 3.38. The van der Waals surface area contributed by atoms with Crippen LogP contribution in [0.2, 0.25) is 0 Å². The van der Waals surface area contributed by atoms with E-state index in [2.05, 4.69) is 17.1 Å². The molecule has 0 spiro atoms. The lowest BCUT2D eigenvalue weighted by Gasteiger charge is -2.37. The number of carbonyl (C=O) groups is 1. The zero-order valence-corrected chi connectivity index (χ0v) is 12.3. The third-order valence-corrected chi connectivity index (χ3v) is 4.25. The Morgan fingerprint density at radius 1 is 1.11 bits per heavy atom. The first-order chi connectivity index (χ1) is 8.33. The van der Waals surface area contributed by atoms with Gasteiger partial charge in [-0.1, -0.05) is 25.7 Å². The Labute approximate surface area is 117 Å². The van der Waals surface area contributed by atoms with E-state index in [1.54, 1.807) is 0 Å². The maximum absolute atomic E-state index is 12.5. The van der Waals surface area contributed by atoms with E-state index in [1.807, 2.05) is 0 Å². The van der Waals surface area contributed by atoms with E-state index < -0.39 is 0 Å². The van der Waals surface area contributed by atoms with E-state index in [9.17, 15) is 4.79 Å². The third kappa shape index (κ3) is 3.86. The number of hydrogen-bond donors (Lipinski definition) is 1. The van der Waals surface area contributed by atoms with Gasteiger partial charge in [0.15, 0.2) is 0 Å². The average molecular weight is 275 g/mol. The van der Waals surface area contributed by atoms with Crippen molar-refractivity contribution in [3.8, 4) is 0 Å². The van der Waals surface area contributed by atoms with Crippen molar-refractivity contribution in [2.24, 2.45) is 0 Å². The van der Waals surface area contributed by atoms with Gasteiger partial charge in [0.1, 0.15) is 0 Å². The molecule has 3 nitrogen and oxygen atoms in total. The topological polar surface area (TPSA) is 32.3 Å². The smallest absolute Gasteiger partial charge is 0.239 e. The molecule has 106 valence electrons. The number of hydrogen-bond acceptors (Lipinski definition) is 2. The van der Waals surface area contributed by atoms with Crippen molar-refractivity contribution in [3.63, 3.8) is 0 Å². The normalized spacial score (nSPS) is 25.3. The minimum absolute atomic E-state index is 0. The van der Waals surface area contributed by atoms with Crippen LogP contribution in [0.25, 0.3) is 0 Å². The molecular weight excluding hydrogens is 248 g/mol. The van der Waals surface area contributed by atoms with Gasteiger partial charge in [-0.05, 0) is 39.2 Å². The number of rotatable bonds is 3. The standard InChI is InChI=1S/C14H26N2O.ClH/c1-2-16(12-8-4-3-5-9-12)14(17)13-10-6-7-11-15-13;/h12-13,15H,2-11H2,1H3;1H. The lowest BCUT2D eigenvalue weighted by atomic mass is 9.93. The first-order valence-electron chi connectivity index (χ1n) is 7.36. The number of nitrogens with zero attached hydrogens (tertiary/aromatic N) is 1. The van der Waals surface area contributed by atoms with Crippen LogP contribution in [0.1, 0.15) is 58.3 Å². The van der Waals surface area contributed by atoms with Crippen LogP contribution in [-0.2, 0) is 4.79 Å². The van der Waals surface area contributed by atoms with Crippen LogP contribution < -0.4 is 5.32 Å². The van der Waals surface area contributed by atoms with Crippen LogP contribution >= 0.6 is 12.4 Å². The second-order valence-electron chi connectivity index (χ2n) is 5.42. The first-order valence-corrected chi connectivity index (χ1v) is 7.36. The summed E-state index contributed by atoms with van der Waals surface area (Å²) in [5.41, 5.74) is 0. The summed E-state index contributed by atoms with van der Waals surface area (Å²) >= 11 is 0. The van der Waals surface area contributed by atoms with E-state index in [1.165, 1.54) is 44.9 Å². The van der Waals surface area contributed by atoms with Crippen molar-refractivity contribution in [3.05, 3.63) is 0 Å². The van der Waals surface area contributed by atoms with Crippen LogP contribution in [-0.4, -0.2) is 36.0 Å². The van der Waals surface area contributed by atoms with Gasteiger partial charge >= 0.3 is 0 Å². The van der Waals surface area contributed by atoms with Crippen molar-refractivity contribution < 1.29 is 4.79 Å². The van der Waals surface area contributed by atoms with Crippen LogP contribution in [0.3, 0.4) is 0 Å². The van der Waals surface area contributed by atoms with Gasteiger partial charge in [0.2, 0.25) is 5.91 Å². The summed E-state index contributed by atoms with van der Waals surface area (Å²) in [6, 6.07) is 0.621. The molecule has 1 amide bonds. The quantitative estimate of drug-likeness (QED) is 0.858. The summed E-state index contributed by atoms with van der Waals surface area (Å²) in [6.07, 6.45) is 9.83. The molecule has 0 radical (unpaired) electrons. The molecule has 18 heavy (non-hydrogen) atoms. The van der Waals surface area contributed by atoms with Crippen LogP contribution in [0.4, 0.5) is 0 Å². The predicted octanol–water partition coefficient (Wildman–Crippen LogP) is 2.73. The summed E-state index contributed by atoms with van der Waals surface area (Å²) in [5.74, 6) is 0.360. The second-order valence-corrected chi connectivity index (χ2v) is 5.42. The van der Waals surface area contributed by atoms with Crippen molar-refractivity contribution in [2.75, 3.05) is 13.1 Å². The fraction of sp³-hybridized carbons (Fsp3) is 0.929.